The van der Waals surface area contributed by atoms with Crippen LogP contribution in [-0.4, -0.2) is 85.3 Å². The van der Waals surface area contributed by atoms with Crippen LogP contribution in [0.25, 0.3) is 21.5 Å². The average Bonchev–Trinajstić information content (AvgIpc) is 3.02. The molecule has 1 fully saturated rings. The second kappa shape index (κ2) is 12.5. The van der Waals surface area contributed by atoms with Crippen molar-refractivity contribution in [2.24, 2.45) is 10.2 Å². The van der Waals surface area contributed by atoms with Gasteiger partial charge in [0.1, 0.15) is 21.2 Å². The molecule has 256 valence electrons. The van der Waals surface area contributed by atoms with E-state index in [2.05, 4.69) is 30.5 Å². The monoisotopic (exact) mass is 735 g/mol. The van der Waals surface area contributed by atoms with Gasteiger partial charge in [-0.05, 0) is 35.0 Å². The van der Waals surface area contributed by atoms with Crippen molar-refractivity contribution in [3.05, 3.63) is 60.7 Å². The first-order chi connectivity index (χ1) is 23.0. The lowest BCUT2D eigenvalue weighted by atomic mass is 10.1. The van der Waals surface area contributed by atoms with Crippen LogP contribution in [0, 0.1) is 6.08 Å². The number of hydrogen-bond acceptors (Lipinski definition) is 15. The number of azo groups is 1. The van der Waals surface area contributed by atoms with Crippen molar-refractivity contribution in [2.75, 3.05) is 36.5 Å². The van der Waals surface area contributed by atoms with Gasteiger partial charge in [-0.15, -0.1) is 10.2 Å². The lowest BCUT2D eigenvalue weighted by Gasteiger charge is -2.26. The SMILES string of the molecule is O=S(=O)(O)c1cc(Nc2nc(F)nc(N3CCOCC3)n2)c2c(O)c(/N=N/c3ccc4ccccc4c3S(=O)(=O)O)c(S(=O)(=O)O)cc2c1. The van der Waals surface area contributed by atoms with Crippen molar-refractivity contribution >= 4 is 80.9 Å². The number of nitrogens with zero attached hydrogens (tertiary/aromatic N) is 6. The van der Waals surface area contributed by atoms with Crippen LogP contribution in [0.3, 0.4) is 0 Å². The van der Waals surface area contributed by atoms with Gasteiger partial charge in [0, 0.05) is 23.9 Å². The predicted octanol–water partition coefficient (Wildman–Crippen LogP) is 3.76. The predicted molar refractivity (Wildman–Crippen MR) is 169 cm³/mol. The molecule has 0 aliphatic carbocycles. The van der Waals surface area contributed by atoms with Gasteiger partial charge in [0.15, 0.2) is 5.75 Å². The van der Waals surface area contributed by atoms with Gasteiger partial charge >= 0.3 is 6.08 Å². The second-order valence-corrected chi connectivity index (χ2v) is 14.5. The minimum Gasteiger partial charge on any atom is -0.505 e. The highest BCUT2D eigenvalue weighted by Gasteiger charge is 2.27. The van der Waals surface area contributed by atoms with Crippen LogP contribution in [0.5, 0.6) is 5.75 Å². The highest BCUT2D eigenvalue weighted by molar-refractivity contribution is 7.86. The fourth-order valence-corrected chi connectivity index (χ4v) is 7.14. The highest BCUT2D eigenvalue weighted by atomic mass is 32.2. The molecule has 5 N–H and O–H groups in total. The number of hydrogen-bond donors (Lipinski definition) is 5. The number of halogens is 1. The maximum atomic E-state index is 14.5. The standard InChI is InChI=1S/C27H22FN7O11S3/c28-25-30-26(32-27(31-25)35-7-9-46-10-8-35)29-19-13-16(47(37,38)39)11-15-12-20(48(40,41)42)22(23(36)21(15)19)34-33-18-6-5-14-3-1-2-4-17(14)24(18)49(43,44)45/h1-6,11-13,36H,7-10H2,(H,37,38,39)(H,40,41,42)(H,43,44,45)(H,29,30,31,32)/b34-33+. The third kappa shape index (κ3) is 6.96. The Balaban J connectivity index is 1.58. The van der Waals surface area contributed by atoms with Crippen LogP contribution in [0.2, 0.25) is 0 Å². The zero-order valence-electron chi connectivity index (χ0n) is 24.5. The van der Waals surface area contributed by atoms with E-state index in [-0.39, 0.29) is 11.3 Å². The first-order valence-electron chi connectivity index (χ1n) is 13.7. The zero-order valence-corrected chi connectivity index (χ0v) is 26.9. The molecule has 2 heterocycles. The molecule has 0 saturated carbocycles. The summed E-state index contributed by atoms with van der Waals surface area (Å²) >= 11 is 0. The molecule has 0 spiro atoms. The van der Waals surface area contributed by atoms with E-state index in [0.29, 0.717) is 37.8 Å². The van der Waals surface area contributed by atoms with Crippen LogP contribution in [-0.2, 0) is 35.1 Å². The van der Waals surface area contributed by atoms with Gasteiger partial charge in [0.25, 0.3) is 30.4 Å². The molecule has 1 aromatic heterocycles. The molecular weight excluding hydrogens is 714 g/mol. The van der Waals surface area contributed by atoms with Crippen LogP contribution < -0.4 is 10.2 Å². The number of anilines is 3. The topological polar surface area (TPSA) is 271 Å². The van der Waals surface area contributed by atoms with Gasteiger partial charge in [0.05, 0.1) is 23.8 Å². The van der Waals surface area contributed by atoms with E-state index in [1.54, 1.807) is 17.0 Å². The number of benzene rings is 4. The van der Waals surface area contributed by atoms with E-state index >= 15 is 0 Å². The van der Waals surface area contributed by atoms with Crippen molar-refractivity contribution < 1.29 is 53.1 Å². The number of aromatic nitrogens is 3. The number of fused-ring (bicyclic) bond motifs is 2. The van der Waals surface area contributed by atoms with Gasteiger partial charge in [-0.3, -0.25) is 13.7 Å². The zero-order chi connectivity index (χ0) is 35.3. The summed E-state index contributed by atoms with van der Waals surface area (Å²) in [6, 6.07) is 10.8. The Morgan fingerprint density at radius 1 is 0.816 bits per heavy atom. The molecule has 49 heavy (non-hydrogen) atoms. The minimum absolute atomic E-state index is 0.0319. The Morgan fingerprint density at radius 3 is 2.20 bits per heavy atom. The molecule has 18 nitrogen and oxygen atoms in total. The van der Waals surface area contributed by atoms with Crippen molar-refractivity contribution in [2.45, 2.75) is 14.7 Å². The minimum atomic E-state index is -5.28. The van der Waals surface area contributed by atoms with E-state index in [4.69, 9.17) is 4.74 Å². The van der Waals surface area contributed by atoms with E-state index in [9.17, 15) is 48.4 Å². The first kappa shape index (κ1) is 33.9. The molecule has 6 rings (SSSR count). The van der Waals surface area contributed by atoms with Crippen molar-refractivity contribution in [3.63, 3.8) is 0 Å². The molecule has 1 aliphatic rings. The van der Waals surface area contributed by atoms with Gasteiger partial charge < -0.3 is 20.1 Å². The number of aromatic hydroxyl groups is 1. The van der Waals surface area contributed by atoms with Crippen LogP contribution in [0.15, 0.2) is 79.5 Å². The maximum Gasteiger partial charge on any atom is 0.315 e. The summed E-state index contributed by atoms with van der Waals surface area (Å²) in [7, 11) is -15.2. The molecule has 0 radical (unpaired) electrons. The third-order valence-electron chi connectivity index (χ3n) is 7.21. The summed E-state index contributed by atoms with van der Waals surface area (Å²) in [5.41, 5.74) is -1.87. The van der Waals surface area contributed by atoms with Crippen molar-refractivity contribution in [3.8, 4) is 5.75 Å². The molecule has 22 heteroatoms. The number of phenols is 1. The second-order valence-electron chi connectivity index (χ2n) is 10.4. The van der Waals surface area contributed by atoms with Gasteiger partial charge in [-0.2, -0.15) is 44.6 Å². The molecule has 0 atom stereocenters. The summed E-state index contributed by atoms with van der Waals surface area (Å²) in [6.07, 6.45) is -1.24. The normalized spacial score (nSPS) is 14.6. The van der Waals surface area contributed by atoms with E-state index in [1.165, 1.54) is 18.2 Å². The number of phenolic OH excluding ortho intramolecular Hbond substituents is 1. The van der Waals surface area contributed by atoms with Crippen LogP contribution in [0.1, 0.15) is 0 Å². The van der Waals surface area contributed by atoms with E-state index in [1.807, 2.05) is 0 Å². The Labute approximate surface area is 276 Å². The molecule has 4 aromatic carbocycles. The molecule has 0 bridgehead atoms. The van der Waals surface area contributed by atoms with Crippen molar-refractivity contribution in [1.82, 2.24) is 15.0 Å². The van der Waals surface area contributed by atoms with Gasteiger partial charge in [-0.25, -0.2) is 0 Å². The Kier molecular flexibility index (Phi) is 8.64. The van der Waals surface area contributed by atoms with Gasteiger partial charge in [-0.1, -0.05) is 30.3 Å². The quantitative estimate of drug-likeness (QED) is 0.112. The fourth-order valence-electron chi connectivity index (χ4n) is 5.11. The highest BCUT2D eigenvalue weighted by Crippen LogP contribution is 2.46. The van der Waals surface area contributed by atoms with Gasteiger partial charge in [0.2, 0.25) is 11.9 Å². The Hall–Kier alpha value is -4.97. The number of morpholine rings is 1. The van der Waals surface area contributed by atoms with E-state index < -0.39 is 90.7 Å². The fraction of sp³-hybridized carbons (Fsp3) is 0.148. The lowest BCUT2D eigenvalue weighted by Crippen LogP contribution is -2.37. The maximum absolute atomic E-state index is 14.5. The largest absolute Gasteiger partial charge is 0.505 e. The average molecular weight is 736 g/mol. The molecule has 0 amide bonds. The summed E-state index contributed by atoms with van der Waals surface area (Å²) in [5.74, 6) is -1.68. The summed E-state index contributed by atoms with van der Waals surface area (Å²) < 4.78 is 124. The molecule has 1 saturated heterocycles. The number of nitrogens with one attached hydrogen (secondary N) is 1. The number of rotatable bonds is 8. The summed E-state index contributed by atoms with van der Waals surface area (Å²) in [6.45, 7) is 1.19. The Bertz CT molecular complexity index is 2530. The first-order valence-corrected chi connectivity index (χ1v) is 18.0. The smallest absolute Gasteiger partial charge is 0.315 e. The van der Waals surface area contributed by atoms with E-state index in [0.717, 1.165) is 18.2 Å². The molecular formula is C27H22FN7O11S3. The molecule has 0 unspecified atom stereocenters. The summed E-state index contributed by atoms with van der Waals surface area (Å²) in [4.78, 5) is 10.3. The van der Waals surface area contributed by atoms with Crippen molar-refractivity contribution in [1.29, 1.82) is 0 Å². The molecule has 5 aromatic rings. The summed E-state index contributed by atoms with van der Waals surface area (Å²) in [5, 5.41) is 21.1. The Morgan fingerprint density at radius 2 is 1.53 bits per heavy atom. The van der Waals surface area contributed by atoms with Crippen LogP contribution >= 0.6 is 0 Å². The van der Waals surface area contributed by atoms with Crippen LogP contribution in [0.4, 0.5) is 33.3 Å². The molecule has 1 aliphatic heterocycles. The lowest BCUT2D eigenvalue weighted by molar-refractivity contribution is 0.122. The third-order valence-corrected chi connectivity index (χ3v) is 9.85. The number of ether oxygens (including phenoxy) is 1.